The van der Waals surface area contributed by atoms with E-state index < -0.39 is 0 Å². The van der Waals surface area contributed by atoms with E-state index in [-0.39, 0.29) is 17.9 Å². The van der Waals surface area contributed by atoms with Gasteiger partial charge >= 0.3 is 0 Å². The minimum absolute atomic E-state index is 0.0593. The second-order valence-electron chi connectivity index (χ2n) is 7.64. The molecule has 154 valence electrons. The van der Waals surface area contributed by atoms with Crippen LogP contribution < -0.4 is 10.2 Å². The molecular weight excluding hydrogens is 366 g/mol. The Balaban J connectivity index is 1.32. The van der Waals surface area contributed by atoms with Gasteiger partial charge in [-0.25, -0.2) is 4.98 Å². The summed E-state index contributed by atoms with van der Waals surface area (Å²) in [6.45, 7) is 5.59. The van der Waals surface area contributed by atoms with Crippen LogP contribution in [-0.4, -0.2) is 66.7 Å². The Kier molecular flexibility index (Phi) is 6.69. The van der Waals surface area contributed by atoms with Crippen LogP contribution in [0.15, 0.2) is 48.9 Å². The third kappa shape index (κ3) is 5.10. The van der Waals surface area contributed by atoms with Crippen LogP contribution in [0.4, 0.5) is 5.82 Å². The van der Waals surface area contributed by atoms with E-state index >= 15 is 0 Å². The Hall–Kier alpha value is -2.51. The normalized spacial score (nSPS) is 19.7. The highest BCUT2D eigenvalue weighted by Gasteiger charge is 2.28. The summed E-state index contributed by atoms with van der Waals surface area (Å²) in [7, 11) is 0. The summed E-state index contributed by atoms with van der Waals surface area (Å²) < 4.78 is 5.51. The standard InChI is InChI=1S/C22H29N5O2/c28-22(19-6-10-27(11-7-19)21-17-23-8-9-24-21)25-16-20(18-4-2-1-3-5-18)26-12-14-29-15-13-26/h1-5,8-9,17,19-20H,6-7,10-16H2,(H,25,28). The van der Waals surface area contributed by atoms with Gasteiger partial charge < -0.3 is 15.0 Å². The van der Waals surface area contributed by atoms with Gasteiger partial charge in [-0.1, -0.05) is 30.3 Å². The van der Waals surface area contributed by atoms with Gasteiger partial charge in [0.1, 0.15) is 5.82 Å². The molecule has 1 aromatic carbocycles. The Labute approximate surface area is 172 Å². The molecule has 0 radical (unpaired) electrons. The lowest BCUT2D eigenvalue weighted by Crippen LogP contribution is -2.46. The van der Waals surface area contributed by atoms with Crippen LogP contribution in [0.25, 0.3) is 0 Å². The molecule has 1 N–H and O–H groups in total. The predicted octanol–water partition coefficient (Wildman–Crippen LogP) is 1.88. The molecule has 7 nitrogen and oxygen atoms in total. The smallest absolute Gasteiger partial charge is 0.223 e. The average molecular weight is 396 g/mol. The van der Waals surface area contributed by atoms with E-state index in [1.807, 2.05) is 6.07 Å². The molecule has 7 heteroatoms. The molecule has 1 atom stereocenters. The Bertz CT molecular complexity index is 759. The number of benzene rings is 1. The Morgan fingerprint density at radius 1 is 1.10 bits per heavy atom. The quantitative estimate of drug-likeness (QED) is 0.805. The van der Waals surface area contributed by atoms with Crippen molar-refractivity contribution >= 4 is 11.7 Å². The van der Waals surface area contributed by atoms with Crippen LogP contribution in [0.1, 0.15) is 24.4 Å². The fraction of sp³-hybridized carbons (Fsp3) is 0.500. The van der Waals surface area contributed by atoms with Crippen LogP contribution in [0.2, 0.25) is 0 Å². The van der Waals surface area contributed by atoms with Gasteiger partial charge in [-0.05, 0) is 18.4 Å². The van der Waals surface area contributed by atoms with Crippen molar-refractivity contribution in [2.75, 3.05) is 50.8 Å². The summed E-state index contributed by atoms with van der Waals surface area (Å²) >= 11 is 0. The van der Waals surface area contributed by atoms with E-state index in [2.05, 4.69) is 49.4 Å². The number of rotatable bonds is 6. The lowest BCUT2D eigenvalue weighted by Gasteiger charge is -2.36. The summed E-state index contributed by atoms with van der Waals surface area (Å²) in [5.74, 6) is 1.12. The minimum atomic E-state index is 0.0593. The number of ether oxygens (including phenoxy) is 1. The SMILES string of the molecule is O=C(NCC(c1ccccc1)N1CCOCC1)C1CCN(c2cnccn2)CC1. The molecule has 0 bridgehead atoms. The minimum Gasteiger partial charge on any atom is -0.379 e. The second kappa shape index (κ2) is 9.80. The predicted molar refractivity (Wildman–Crippen MR) is 112 cm³/mol. The first-order valence-corrected chi connectivity index (χ1v) is 10.5. The first-order chi connectivity index (χ1) is 14.3. The van der Waals surface area contributed by atoms with E-state index in [1.54, 1.807) is 18.6 Å². The highest BCUT2D eigenvalue weighted by Crippen LogP contribution is 2.23. The number of anilines is 1. The van der Waals surface area contributed by atoms with Gasteiger partial charge in [-0.3, -0.25) is 14.7 Å². The third-order valence-electron chi connectivity index (χ3n) is 5.88. The third-order valence-corrected chi connectivity index (χ3v) is 5.88. The van der Waals surface area contributed by atoms with Crippen molar-refractivity contribution in [2.45, 2.75) is 18.9 Å². The number of piperidine rings is 1. The van der Waals surface area contributed by atoms with Crippen molar-refractivity contribution in [1.82, 2.24) is 20.2 Å². The molecule has 29 heavy (non-hydrogen) atoms. The van der Waals surface area contributed by atoms with Gasteiger partial charge in [0.15, 0.2) is 0 Å². The lowest BCUT2D eigenvalue weighted by molar-refractivity contribution is -0.126. The van der Waals surface area contributed by atoms with E-state index in [4.69, 9.17) is 4.74 Å². The topological polar surface area (TPSA) is 70.6 Å². The summed E-state index contributed by atoms with van der Waals surface area (Å²) in [6, 6.07) is 10.6. The molecule has 0 saturated carbocycles. The molecule has 2 aliphatic rings. The summed E-state index contributed by atoms with van der Waals surface area (Å²) in [4.78, 5) is 26.0. The van der Waals surface area contributed by atoms with Crippen molar-refractivity contribution < 1.29 is 9.53 Å². The van der Waals surface area contributed by atoms with Gasteiger partial charge in [0.25, 0.3) is 0 Å². The fourth-order valence-corrected chi connectivity index (χ4v) is 4.19. The highest BCUT2D eigenvalue weighted by atomic mass is 16.5. The number of hydrogen-bond acceptors (Lipinski definition) is 6. The van der Waals surface area contributed by atoms with Gasteiger partial charge in [-0.15, -0.1) is 0 Å². The maximum atomic E-state index is 12.9. The van der Waals surface area contributed by atoms with Gasteiger partial charge in [0.05, 0.1) is 25.5 Å². The molecule has 4 rings (SSSR count). The molecule has 2 aromatic rings. The number of morpholine rings is 1. The number of amides is 1. The van der Waals surface area contributed by atoms with Crippen LogP contribution in [-0.2, 0) is 9.53 Å². The molecule has 2 aliphatic heterocycles. The van der Waals surface area contributed by atoms with Crippen LogP contribution >= 0.6 is 0 Å². The van der Waals surface area contributed by atoms with Gasteiger partial charge in [0.2, 0.25) is 5.91 Å². The molecule has 0 spiro atoms. The molecule has 1 amide bonds. The largest absolute Gasteiger partial charge is 0.379 e. The number of carbonyl (C=O) groups excluding carboxylic acids is 1. The van der Waals surface area contributed by atoms with Crippen molar-refractivity contribution in [3.8, 4) is 0 Å². The molecular formula is C22H29N5O2. The molecule has 2 saturated heterocycles. The van der Waals surface area contributed by atoms with E-state index in [0.29, 0.717) is 6.54 Å². The number of nitrogens with zero attached hydrogens (tertiary/aromatic N) is 4. The van der Waals surface area contributed by atoms with Crippen LogP contribution in [0, 0.1) is 5.92 Å². The summed E-state index contributed by atoms with van der Waals surface area (Å²) in [6.07, 6.45) is 6.87. The van der Waals surface area contributed by atoms with Crippen molar-refractivity contribution in [3.63, 3.8) is 0 Å². The van der Waals surface area contributed by atoms with Gasteiger partial charge in [-0.2, -0.15) is 0 Å². The highest BCUT2D eigenvalue weighted by molar-refractivity contribution is 5.79. The zero-order valence-corrected chi connectivity index (χ0v) is 16.7. The second-order valence-corrected chi connectivity index (χ2v) is 7.64. The van der Waals surface area contributed by atoms with Crippen LogP contribution in [0.5, 0.6) is 0 Å². The number of aromatic nitrogens is 2. The fourth-order valence-electron chi connectivity index (χ4n) is 4.19. The Morgan fingerprint density at radius 3 is 2.55 bits per heavy atom. The van der Waals surface area contributed by atoms with Crippen LogP contribution in [0.3, 0.4) is 0 Å². The Morgan fingerprint density at radius 2 is 1.86 bits per heavy atom. The number of nitrogens with one attached hydrogen (secondary N) is 1. The first-order valence-electron chi connectivity index (χ1n) is 10.5. The molecule has 2 fully saturated rings. The van der Waals surface area contributed by atoms with Crippen molar-refractivity contribution in [2.24, 2.45) is 5.92 Å². The van der Waals surface area contributed by atoms with Crippen molar-refractivity contribution in [1.29, 1.82) is 0 Å². The first kappa shape index (κ1) is 19.8. The summed E-state index contributed by atoms with van der Waals surface area (Å²) in [5, 5.41) is 3.23. The lowest BCUT2D eigenvalue weighted by atomic mass is 9.95. The maximum Gasteiger partial charge on any atom is 0.223 e. The molecule has 1 aromatic heterocycles. The monoisotopic (exact) mass is 395 g/mol. The molecule has 3 heterocycles. The summed E-state index contributed by atoms with van der Waals surface area (Å²) in [5.41, 5.74) is 1.24. The molecule has 0 aliphatic carbocycles. The zero-order chi connectivity index (χ0) is 19.9. The maximum absolute atomic E-state index is 12.9. The van der Waals surface area contributed by atoms with Crippen molar-refractivity contribution in [3.05, 3.63) is 54.5 Å². The zero-order valence-electron chi connectivity index (χ0n) is 16.7. The van der Waals surface area contributed by atoms with Gasteiger partial charge in [0, 0.05) is 51.0 Å². The average Bonchev–Trinajstić information content (AvgIpc) is 2.81. The number of hydrogen-bond donors (Lipinski definition) is 1. The molecule has 1 unspecified atom stereocenters. The van der Waals surface area contributed by atoms with E-state index in [0.717, 1.165) is 58.1 Å². The van der Waals surface area contributed by atoms with E-state index in [1.165, 1.54) is 5.56 Å². The number of carbonyl (C=O) groups is 1. The van der Waals surface area contributed by atoms with E-state index in [9.17, 15) is 4.79 Å².